The van der Waals surface area contributed by atoms with Crippen LogP contribution in [0.4, 0.5) is 23.5 Å². The summed E-state index contributed by atoms with van der Waals surface area (Å²) in [5.74, 6) is 0. The third-order valence-electron chi connectivity index (χ3n) is 0. The zero-order chi connectivity index (χ0) is 4.50. The summed E-state index contributed by atoms with van der Waals surface area (Å²) in [5.41, 5.74) is 0. The van der Waals surface area contributed by atoms with Crippen LogP contribution in [0.25, 0.3) is 0 Å². The Morgan fingerprint density at radius 1 is 0.750 bits per heavy atom. The minimum absolute atomic E-state index is 0. The van der Waals surface area contributed by atoms with Gasteiger partial charge in [-0.05, 0) is 0 Å². The van der Waals surface area contributed by atoms with E-state index in [4.69, 9.17) is 19.2 Å². The number of phosphoric acid groups is 1. The van der Waals surface area contributed by atoms with Crippen LogP contribution in [0.2, 0.25) is 0 Å². The quantitative estimate of drug-likeness (QED) is 0.437. The van der Waals surface area contributed by atoms with E-state index in [1.165, 1.54) is 0 Å². The Labute approximate surface area is 73.9 Å². The summed E-state index contributed by atoms with van der Waals surface area (Å²) < 4.78 is 8.88. The molecule has 0 radical (unpaired) electrons. The van der Waals surface area contributed by atoms with Gasteiger partial charge in [-0.3, -0.25) is 23.5 Å². The molecule has 0 heterocycles. The molecule has 0 aliphatic heterocycles. The van der Waals surface area contributed by atoms with E-state index < -0.39 is 7.82 Å². The highest BCUT2D eigenvalue weighted by Crippen LogP contribution is 2.25. The van der Waals surface area contributed by atoms with E-state index in [-0.39, 0.29) is 45.8 Å². The topological polar surface area (TPSA) is 77.8 Å². The van der Waals surface area contributed by atoms with Gasteiger partial charge in [-0.2, -0.15) is 9.90 Å². The normalized spacial score (nSPS) is 4.92. The van der Waals surface area contributed by atoms with Gasteiger partial charge in [0.25, 0.3) is 0 Å². The molecule has 0 fully saturated rings. The number of rotatable bonds is 0. The molecule has 0 spiro atoms. The van der Waals surface area contributed by atoms with E-state index in [9.17, 15) is 0 Å². The molecule has 0 saturated carbocycles. The molecule has 0 aromatic carbocycles. The highest BCUT2D eigenvalue weighted by molar-refractivity contribution is 7.45. The molecule has 0 aliphatic carbocycles. The third kappa shape index (κ3) is 4090. The molecular formula is H12ClF5O4P2. The summed E-state index contributed by atoms with van der Waals surface area (Å²) in [4.78, 5) is 21.6. The summed E-state index contributed by atoms with van der Waals surface area (Å²) in [5, 5.41) is 0. The fourth-order valence-electron chi connectivity index (χ4n) is 0. The lowest BCUT2D eigenvalue weighted by atomic mass is 15.8. The summed E-state index contributed by atoms with van der Waals surface area (Å²) >= 11 is 0. The van der Waals surface area contributed by atoms with Gasteiger partial charge in [0.2, 0.25) is 0 Å². The van der Waals surface area contributed by atoms with Crippen LogP contribution in [0, 0.1) is 0 Å². The molecule has 1 unspecified atom stereocenters. The molecule has 12 heteroatoms. The van der Waals surface area contributed by atoms with Gasteiger partial charge < -0.3 is 14.7 Å². The summed E-state index contributed by atoms with van der Waals surface area (Å²) in [6.07, 6.45) is 0. The van der Waals surface area contributed by atoms with E-state index in [0.29, 0.717) is 0 Å². The second-order valence-electron chi connectivity index (χ2n) is 0.513. The molecule has 0 amide bonds. The second-order valence-corrected chi connectivity index (χ2v) is 1.54. The maximum atomic E-state index is 8.88. The van der Waals surface area contributed by atoms with Crippen molar-refractivity contribution in [3.8, 4) is 0 Å². The van der Waals surface area contributed by atoms with Crippen molar-refractivity contribution >= 4 is 30.1 Å². The third-order valence-corrected chi connectivity index (χ3v) is 0. The van der Waals surface area contributed by atoms with Crippen molar-refractivity contribution in [2.45, 2.75) is 0 Å². The van der Waals surface area contributed by atoms with E-state index in [2.05, 4.69) is 0 Å². The Morgan fingerprint density at radius 2 is 0.750 bits per heavy atom. The lowest BCUT2D eigenvalue weighted by Gasteiger charge is -1.82. The lowest BCUT2D eigenvalue weighted by Crippen LogP contribution is -1.66. The Hall–Kier alpha value is 0.480. The van der Waals surface area contributed by atoms with E-state index in [1.807, 2.05) is 0 Å². The Kier molecular flexibility index (Phi) is 205. The summed E-state index contributed by atoms with van der Waals surface area (Å²) in [7, 11) is -4.64. The average molecular weight is 268 g/mol. The van der Waals surface area contributed by atoms with E-state index in [1.54, 1.807) is 0 Å². The van der Waals surface area contributed by atoms with Crippen molar-refractivity contribution in [1.29, 1.82) is 0 Å². The predicted octanol–water partition coefficient (Wildman–Crippen LogP) is 0.314. The van der Waals surface area contributed by atoms with Gasteiger partial charge >= 0.3 is 7.82 Å². The highest BCUT2D eigenvalue weighted by Gasteiger charge is 2.00. The molecule has 4 nitrogen and oxygen atoms in total. The molecule has 0 saturated heterocycles. The molecule has 0 aromatic rings. The van der Waals surface area contributed by atoms with Gasteiger partial charge in [0.15, 0.2) is 0 Å². The fourth-order valence-corrected chi connectivity index (χ4v) is 0. The zero-order valence-corrected chi connectivity index (χ0v) is 8.48. The van der Waals surface area contributed by atoms with Gasteiger partial charge in [-0.1, -0.05) is 0 Å². The van der Waals surface area contributed by atoms with Crippen LogP contribution in [0.3, 0.4) is 0 Å². The number of hydrogen-bond donors (Lipinski definition) is 3. The van der Waals surface area contributed by atoms with Gasteiger partial charge in [-0.15, -0.1) is 12.4 Å². The highest BCUT2D eigenvalue weighted by atomic mass is 35.5. The summed E-state index contributed by atoms with van der Waals surface area (Å²) in [6.45, 7) is 0. The van der Waals surface area contributed by atoms with Crippen molar-refractivity contribution < 1.29 is 42.8 Å². The van der Waals surface area contributed by atoms with Crippen molar-refractivity contribution in [1.82, 2.24) is 0 Å². The smallest absolute Gasteiger partial charge is 0.303 e. The van der Waals surface area contributed by atoms with Crippen LogP contribution in [-0.2, 0) is 4.57 Å². The maximum absolute atomic E-state index is 8.88. The Bertz CT molecular complexity index is 67.6. The minimum Gasteiger partial charge on any atom is -0.303 e. The molecule has 0 bridgehead atoms. The zero-order valence-electron chi connectivity index (χ0n) is 5.35. The molecule has 0 rings (SSSR count). The molecule has 12 heavy (non-hydrogen) atoms. The van der Waals surface area contributed by atoms with Gasteiger partial charge in [0.05, 0.1) is 0 Å². The van der Waals surface area contributed by atoms with Crippen molar-refractivity contribution in [3.05, 3.63) is 0 Å². The monoisotopic (exact) mass is 268 g/mol. The van der Waals surface area contributed by atoms with Crippen LogP contribution < -0.4 is 0 Å². The molecule has 3 N–H and O–H groups in total. The summed E-state index contributed by atoms with van der Waals surface area (Å²) in [6, 6.07) is 0. The Morgan fingerprint density at radius 3 is 0.750 bits per heavy atom. The maximum Gasteiger partial charge on any atom is 0.466 e. The Balaban J connectivity index is -0.00000000381. The SMILES string of the molecule is Cl.F.F.F.F.F.O=P(O)(O)O.P. The van der Waals surface area contributed by atoms with Gasteiger partial charge in [0, 0.05) is 0 Å². The van der Waals surface area contributed by atoms with Crippen molar-refractivity contribution in [2.75, 3.05) is 0 Å². The van der Waals surface area contributed by atoms with Gasteiger partial charge in [-0.25, -0.2) is 4.57 Å². The largest absolute Gasteiger partial charge is 0.466 e. The van der Waals surface area contributed by atoms with Crippen LogP contribution >= 0.6 is 30.1 Å². The predicted molar refractivity (Wildman–Crippen MR) is 45.1 cm³/mol. The fraction of sp³-hybridized carbons (Fsp3) is 0. The molecular weight excluding hydrogens is 256 g/mol. The average Bonchev–Trinajstić information content (AvgIpc) is 0.722. The van der Waals surface area contributed by atoms with Crippen LogP contribution in [0.5, 0.6) is 0 Å². The van der Waals surface area contributed by atoms with Crippen LogP contribution in [-0.4, -0.2) is 14.7 Å². The van der Waals surface area contributed by atoms with E-state index >= 15 is 0 Å². The number of halogens is 6. The van der Waals surface area contributed by atoms with Gasteiger partial charge in [0.1, 0.15) is 0 Å². The van der Waals surface area contributed by atoms with Crippen LogP contribution in [0.1, 0.15) is 0 Å². The van der Waals surface area contributed by atoms with Crippen molar-refractivity contribution in [3.63, 3.8) is 0 Å². The first-order chi connectivity index (χ1) is 2.00. The molecule has 1 atom stereocenters. The van der Waals surface area contributed by atoms with Crippen LogP contribution in [0.15, 0.2) is 0 Å². The molecule has 0 aliphatic rings. The lowest BCUT2D eigenvalue weighted by molar-refractivity contribution is 0.275. The van der Waals surface area contributed by atoms with Crippen molar-refractivity contribution in [2.24, 2.45) is 0 Å². The standard InChI is InChI=1S/ClH.5FH.H3O4P.H3P/c;;;;;;1-5(2,3)4;/h6*1H;(H3,1,2,3,4);1H3. The minimum atomic E-state index is -4.64. The second kappa shape index (κ2) is 30.0. The first kappa shape index (κ1) is 81.9. The molecule has 0 aromatic heterocycles. The molecule has 88 valence electrons. The number of hydrogen-bond acceptors (Lipinski definition) is 1. The first-order valence-corrected chi connectivity index (χ1v) is 2.35. The van der Waals surface area contributed by atoms with E-state index in [0.717, 1.165) is 0 Å². The first-order valence-electron chi connectivity index (χ1n) is 0.783.